The number of ether oxygens (including phenoxy) is 3. The van der Waals surface area contributed by atoms with Crippen LogP contribution < -0.4 is 9.47 Å². The van der Waals surface area contributed by atoms with Gasteiger partial charge in [-0.25, -0.2) is 4.79 Å². The zero-order valence-electron chi connectivity index (χ0n) is 17.7. The van der Waals surface area contributed by atoms with Gasteiger partial charge in [0.2, 0.25) is 0 Å². The van der Waals surface area contributed by atoms with Crippen molar-refractivity contribution in [2.75, 3.05) is 14.2 Å². The first-order valence-corrected chi connectivity index (χ1v) is 11.8. The van der Waals surface area contributed by atoms with Gasteiger partial charge in [-0.3, -0.25) is 14.5 Å². The molecule has 11 heteroatoms. The highest BCUT2D eigenvalue weighted by Crippen LogP contribution is 2.39. The van der Waals surface area contributed by atoms with Crippen molar-refractivity contribution in [3.8, 4) is 11.5 Å². The lowest BCUT2D eigenvalue weighted by Gasteiger charge is -2.18. The van der Waals surface area contributed by atoms with Crippen LogP contribution in [-0.2, 0) is 20.9 Å². The fraction of sp³-hybridized carbons (Fsp3) is 0.227. The molecule has 7 nitrogen and oxygen atoms in total. The van der Waals surface area contributed by atoms with Crippen molar-refractivity contribution in [2.24, 2.45) is 0 Å². The zero-order valence-corrected chi connectivity index (χ0v) is 21.6. The molecule has 0 unspecified atom stereocenters. The van der Waals surface area contributed by atoms with Gasteiger partial charge in [0.15, 0.2) is 11.5 Å². The summed E-state index contributed by atoms with van der Waals surface area (Å²) < 4.78 is 16.6. The SMILES string of the molecule is COC(=O)[C@@H](C)N1C(=O)S/C(=C/c2cc(OC)c(OCc3ccc(Cl)c(Cl)c3)cc2Br)C1=O. The molecule has 33 heavy (non-hydrogen) atoms. The highest BCUT2D eigenvalue weighted by Gasteiger charge is 2.41. The van der Waals surface area contributed by atoms with Crippen LogP contribution in [0.25, 0.3) is 6.08 Å². The smallest absolute Gasteiger partial charge is 0.328 e. The number of benzene rings is 2. The third-order valence-corrected chi connectivity index (χ3v) is 7.01. The molecular weight excluding hydrogens is 557 g/mol. The van der Waals surface area contributed by atoms with Crippen molar-refractivity contribution in [1.82, 2.24) is 4.90 Å². The normalized spacial score (nSPS) is 15.7. The van der Waals surface area contributed by atoms with Crippen LogP contribution >= 0.6 is 50.9 Å². The number of carbonyl (C=O) groups is 3. The van der Waals surface area contributed by atoms with Gasteiger partial charge in [-0.2, -0.15) is 0 Å². The van der Waals surface area contributed by atoms with E-state index in [9.17, 15) is 14.4 Å². The molecule has 3 rings (SSSR count). The molecule has 0 spiro atoms. The molecule has 1 heterocycles. The van der Waals surface area contributed by atoms with Crippen molar-refractivity contribution in [3.63, 3.8) is 0 Å². The number of thioether (sulfide) groups is 1. The first kappa shape index (κ1) is 25.4. The molecule has 2 amide bonds. The van der Waals surface area contributed by atoms with Crippen LogP contribution in [0.15, 0.2) is 39.7 Å². The first-order valence-electron chi connectivity index (χ1n) is 9.45. The molecule has 0 bridgehead atoms. The van der Waals surface area contributed by atoms with Gasteiger partial charge in [0.1, 0.15) is 12.6 Å². The Kier molecular flexibility index (Phi) is 8.33. The number of amides is 2. The topological polar surface area (TPSA) is 82.1 Å². The Morgan fingerprint density at radius 3 is 2.52 bits per heavy atom. The van der Waals surface area contributed by atoms with E-state index in [2.05, 4.69) is 20.7 Å². The summed E-state index contributed by atoms with van der Waals surface area (Å²) in [4.78, 5) is 37.9. The second-order valence-corrected chi connectivity index (χ2v) is 9.47. The lowest BCUT2D eigenvalue weighted by atomic mass is 10.1. The number of esters is 1. The Hall–Kier alpha value is -2.20. The van der Waals surface area contributed by atoms with E-state index in [0.29, 0.717) is 31.6 Å². The van der Waals surface area contributed by atoms with E-state index in [1.807, 2.05) is 0 Å². The van der Waals surface area contributed by atoms with E-state index in [4.69, 9.17) is 32.7 Å². The zero-order chi connectivity index (χ0) is 24.3. The average Bonchev–Trinajstić information content (AvgIpc) is 3.07. The van der Waals surface area contributed by atoms with E-state index < -0.39 is 23.2 Å². The summed E-state index contributed by atoms with van der Waals surface area (Å²) >= 11 is 16.2. The highest BCUT2D eigenvalue weighted by molar-refractivity contribution is 9.10. The summed E-state index contributed by atoms with van der Waals surface area (Å²) in [7, 11) is 2.69. The molecule has 0 aromatic heterocycles. The van der Waals surface area contributed by atoms with Crippen LogP contribution in [0.2, 0.25) is 10.0 Å². The van der Waals surface area contributed by atoms with Crippen molar-refractivity contribution in [3.05, 3.63) is 60.9 Å². The maximum Gasteiger partial charge on any atom is 0.328 e. The van der Waals surface area contributed by atoms with Crippen LogP contribution in [0.4, 0.5) is 4.79 Å². The van der Waals surface area contributed by atoms with Crippen LogP contribution in [0, 0.1) is 0 Å². The molecule has 0 radical (unpaired) electrons. The van der Waals surface area contributed by atoms with Crippen molar-refractivity contribution in [2.45, 2.75) is 19.6 Å². The highest BCUT2D eigenvalue weighted by atomic mass is 79.9. The maximum absolute atomic E-state index is 12.7. The minimum absolute atomic E-state index is 0.169. The summed E-state index contributed by atoms with van der Waals surface area (Å²) in [5.74, 6) is -0.370. The standard InChI is InChI=1S/C22H18BrCl2NO6S/c1-11(21(28)31-3)26-20(27)19(33-22(26)29)8-13-7-17(30-2)18(9-14(13)23)32-10-12-4-5-15(24)16(25)6-12/h4-9,11H,10H2,1-3H3/b19-8+/t11-/m1/s1. The van der Waals surface area contributed by atoms with E-state index in [0.717, 1.165) is 22.2 Å². The molecule has 2 aromatic rings. The molecule has 1 atom stereocenters. The summed E-state index contributed by atoms with van der Waals surface area (Å²) in [6.45, 7) is 1.66. The van der Waals surface area contributed by atoms with Crippen molar-refractivity contribution >= 4 is 74.1 Å². The van der Waals surface area contributed by atoms with Gasteiger partial charge in [-0.1, -0.05) is 45.2 Å². The Balaban J connectivity index is 1.84. The van der Waals surface area contributed by atoms with Crippen LogP contribution in [0.5, 0.6) is 11.5 Å². The maximum atomic E-state index is 12.7. The third-order valence-electron chi connectivity index (χ3n) is 4.70. The van der Waals surface area contributed by atoms with E-state index in [1.54, 1.807) is 36.4 Å². The van der Waals surface area contributed by atoms with Gasteiger partial charge in [0, 0.05) is 4.47 Å². The van der Waals surface area contributed by atoms with Gasteiger partial charge in [0.25, 0.3) is 11.1 Å². The molecule has 0 aliphatic carbocycles. The predicted molar refractivity (Wildman–Crippen MR) is 131 cm³/mol. The molecule has 1 fully saturated rings. The number of methoxy groups -OCH3 is 2. The largest absolute Gasteiger partial charge is 0.493 e. The summed E-state index contributed by atoms with van der Waals surface area (Å²) in [6, 6.07) is 7.55. The Morgan fingerprint density at radius 2 is 1.88 bits per heavy atom. The quantitative estimate of drug-likeness (QED) is 0.299. The summed E-state index contributed by atoms with van der Waals surface area (Å²) in [6.07, 6.45) is 1.55. The lowest BCUT2D eigenvalue weighted by molar-refractivity contribution is -0.148. The number of imide groups is 1. The molecule has 0 N–H and O–H groups in total. The van der Waals surface area contributed by atoms with Gasteiger partial charge < -0.3 is 14.2 Å². The van der Waals surface area contributed by atoms with E-state index in [-0.39, 0.29) is 11.5 Å². The van der Waals surface area contributed by atoms with Gasteiger partial charge >= 0.3 is 5.97 Å². The molecular formula is C22H18BrCl2NO6S. The number of carbonyl (C=O) groups excluding carboxylic acids is 3. The van der Waals surface area contributed by atoms with E-state index in [1.165, 1.54) is 21.1 Å². The molecule has 174 valence electrons. The number of nitrogens with zero attached hydrogens (tertiary/aromatic N) is 1. The van der Waals surface area contributed by atoms with Crippen LogP contribution in [0.3, 0.4) is 0 Å². The monoisotopic (exact) mass is 573 g/mol. The second-order valence-electron chi connectivity index (χ2n) is 6.81. The van der Waals surface area contributed by atoms with E-state index >= 15 is 0 Å². The van der Waals surface area contributed by atoms with Gasteiger partial charge in [0.05, 0.1) is 29.2 Å². The summed E-state index contributed by atoms with van der Waals surface area (Å²) in [5, 5.41) is 0.334. The molecule has 1 saturated heterocycles. The fourth-order valence-corrected chi connectivity index (χ4v) is 4.61. The van der Waals surface area contributed by atoms with Gasteiger partial charge in [-0.15, -0.1) is 0 Å². The molecule has 2 aromatic carbocycles. The number of hydrogen-bond donors (Lipinski definition) is 0. The molecule has 1 aliphatic rings. The Labute approximate surface area is 213 Å². The number of hydrogen-bond acceptors (Lipinski definition) is 7. The first-order chi connectivity index (χ1) is 15.7. The average molecular weight is 575 g/mol. The van der Waals surface area contributed by atoms with Gasteiger partial charge in [-0.05, 0) is 60.2 Å². The lowest BCUT2D eigenvalue weighted by Crippen LogP contribution is -2.42. The Bertz CT molecular complexity index is 1160. The van der Waals surface area contributed by atoms with Crippen LogP contribution in [-0.4, -0.2) is 42.3 Å². The third kappa shape index (κ3) is 5.66. The minimum atomic E-state index is -1.02. The minimum Gasteiger partial charge on any atom is -0.493 e. The number of halogens is 3. The van der Waals surface area contributed by atoms with Crippen LogP contribution in [0.1, 0.15) is 18.1 Å². The second kappa shape index (κ2) is 10.8. The number of rotatable bonds is 7. The van der Waals surface area contributed by atoms with Crippen molar-refractivity contribution < 1.29 is 28.6 Å². The fourth-order valence-electron chi connectivity index (χ4n) is 2.96. The predicted octanol–water partition coefficient (Wildman–Crippen LogP) is 5.94. The summed E-state index contributed by atoms with van der Waals surface area (Å²) in [5.41, 5.74) is 1.41. The van der Waals surface area contributed by atoms with Crippen molar-refractivity contribution in [1.29, 1.82) is 0 Å². The Morgan fingerprint density at radius 1 is 1.15 bits per heavy atom. The molecule has 1 aliphatic heterocycles. The molecule has 0 saturated carbocycles.